The van der Waals surface area contributed by atoms with Crippen LogP contribution in [-0.4, -0.2) is 20.9 Å². The van der Waals surface area contributed by atoms with Crippen LogP contribution in [0.5, 0.6) is 0 Å². The molecule has 1 aromatic rings. The van der Waals surface area contributed by atoms with Gasteiger partial charge in [0.05, 0.1) is 0 Å². The van der Waals surface area contributed by atoms with Crippen molar-refractivity contribution in [2.75, 3.05) is 0 Å². The van der Waals surface area contributed by atoms with Crippen LogP contribution in [0.1, 0.15) is 10.5 Å². The fraction of sp³-hybridized carbons (Fsp3) is 0.200. The number of aromatic nitrogens is 2. The van der Waals surface area contributed by atoms with Gasteiger partial charge in [-0.05, 0) is 6.07 Å². The Labute approximate surface area is 57.2 Å². The largest absolute Gasteiger partial charge is 0.295 e. The van der Waals surface area contributed by atoms with E-state index in [1.54, 1.807) is 13.2 Å². The standard InChI is InChI=1S/C5H7N3O2/c1-8-3-2-4(6-8)5(9)7-10/h2-3,10H,1H3,(H,7,9). The topological polar surface area (TPSA) is 67.2 Å². The smallest absolute Gasteiger partial charge is 0.288 e. The highest BCUT2D eigenvalue weighted by molar-refractivity contribution is 5.91. The lowest BCUT2D eigenvalue weighted by Gasteiger charge is -1.89. The molecular weight excluding hydrogens is 134 g/mol. The summed E-state index contributed by atoms with van der Waals surface area (Å²) in [4.78, 5) is 10.6. The van der Waals surface area contributed by atoms with E-state index in [9.17, 15) is 4.79 Å². The molecule has 0 aliphatic carbocycles. The van der Waals surface area contributed by atoms with Crippen molar-refractivity contribution in [1.29, 1.82) is 0 Å². The molecule has 0 aliphatic rings. The van der Waals surface area contributed by atoms with E-state index in [4.69, 9.17) is 5.21 Å². The third-order valence-corrected chi connectivity index (χ3v) is 1.05. The average molecular weight is 141 g/mol. The third kappa shape index (κ3) is 1.14. The second-order valence-electron chi connectivity index (χ2n) is 1.82. The monoisotopic (exact) mass is 141 g/mol. The fourth-order valence-electron chi connectivity index (χ4n) is 0.593. The predicted molar refractivity (Wildman–Crippen MR) is 32.5 cm³/mol. The summed E-state index contributed by atoms with van der Waals surface area (Å²) >= 11 is 0. The van der Waals surface area contributed by atoms with E-state index in [2.05, 4.69) is 5.10 Å². The van der Waals surface area contributed by atoms with Gasteiger partial charge in [-0.2, -0.15) is 5.10 Å². The van der Waals surface area contributed by atoms with Gasteiger partial charge in [-0.25, -0.2) is 5.48 Å². The summed E-state index contributed by atoms with van der Waals surface area (Å²) in [5, 5.41) is 11.9. The SMILES string of the molecule is Cn1ccc(C(=O)NO)n1. The van der Waals surface area contributed by atoms with Crippen LogP contribution in [-0.2, 0) is 7.05 Å². The van der Waals surface area contributed by atoms with Crippen LogP contribution in [0.3, 0.4) is 0 Å². The molecule has 0 aromatic carbocycles. The molecule has 54 valence electrons. The van der Waals surface area contributed by atoms with E-state index in [1.165, 1.54) is 16.2 Å². The van der Waals surface area contributed by atoms with Crippen LogP contribution in [0.4, 0.5) is 0 Å². The average Bonchev–Trinajstić information content (AvgIpc) is 2.34. The minimum Gasteiger partial charge on any atom is -0.288 e. The molecule has 0 aliphatic heterocycles. The Morgan fingerprint density at radius 3 is 3.00 bits per heavy atom. The van der Waals surface area contributed by atoms with Crippen molar-refractivity contribution in [2.45, 2.75) is 0 Å². The highest BCUT2D eigenvalue weighted by Crippen LogP contribution is 1.91. The molecule has 5 nitrogen and oxygen atoms in total. The van der Waals surface area contributed by atoms with E-state index in [0.717, 1.165) is 0 Å². The fourth-order valence-corrected chi connectivity index (χ4v) is 0.593. The number of hydrogen-bond donors (Lipinski definition) is 2. The first-order valence-electron chi connectivity index (χ1n) is 2.68. The molecule has 0 radical (unpaired) electrons. The summed E-state index contributed by atoms with van der Waals surface area (Å²) in [6.45, 7) is 0. The molecule has 1 heterocycles. The Balaban J connectivity index is 2.85. The van der Waals surface area contributed by atoms with Crippen molar-refractivity contribution in [2.24, 2.45) is 7.05 Å². The first kappa shape index (κ1) is 6.76. The quantitative estimate of drug-likeness (QED) is 0.410. The molecule has 0 fully saturated rings. The number of aryl methyl sites for hydroxylation is 1. The normalized spacial score (nSPS) is 9.40. The molecule has 5 heteroatoms. The molecule has 2 N–H and O–H groups in total. The van der Waals surface area contributed by atoms with Crippen molar-refractivity contribution in [3.05, 3.63) is 18.0 Å². The number of amides is 1. The van der Waals surface area contributed by atoms with Crippen LogP contribution in [0.25, 0.3) is 0 Å². The van der Waals surface area contributed by atoms with Gasteiger partial charge in [0, 0.05) is 13.2 Å². The number of carbonyl (C=O) groups is 1. The number of nitrogens with zero attached hydrogens (tertiary/aromatic N) is 2. The van der Waals surface area contributed by atoms with E-state index >= 15 is 0 Å². The lowest BCUT2D eigenvalue weighted by molar-refractivity contribution is 0.0700. The Morgan fingerprint density at radius 1 is 1.90 bits per heavy atom. The van der Waals surface area contributed by atoms with Gasteiger partial charge in [-0.15, -0.1) is 0 Å². The van der Waals surface area contributed by atoms with E-state index in [1.807, 2.05) is 0 Å². The molecule has 0 unspecified atom stereocenters. The Kier molecular flexibility index (Phi) is 1.68. The van der Waals surface area contributed by atoms with Crippen molar-refractivity contribution in [3.8, 4) is 0 Å². The van der Waals surface area contributed by atoms with Crippen LogP contribution in [0.2, 0.25) is 0 Å². The number of rotatable bonds is 1. The summed E-state index contributed by atoms with van der Waals surface area (Å²) in [5.41, 5.74) is 1.68. The van der Waals surface area contributed by atoms with Crippen molar-refractivity contribution >= 4 is 5.91 Å². The molecule has 0 spiro atoms. The lowest BCUT2D eigenvalue weighted by Crippen LogP contribution is -2.19. The van der Waals surface area contributed by atoms with Crippen molar-refractivity contribution in [1.82, 2.24) is 15.3 Å². The number of carbonyl (C=O) groups excluding carboxylic acids is 1. The summed E-state index contributed by atoms with van der Waals surface area (Å²) in [6.07, 6.45) is 1.62. The number of hydrogen-bond acceptors (Lipinski definition) is 3. The molecule has 0 saturated heterocycles. The van der Waals surface area contributed by atoms with Crippen LogP contribution < -0.4 is 5.48 Å². The molecule has 0 saturated carbocycles. The zero-order chi connectivity index (χ0) is 7.56. The predicted octanol–water partition coefficient (Wildman–Crippen LogP) is -0.461. The number of hydroxylamine groups is 1. The highest BCUT2D eigenvalue weighted by Gasteiger charge is 2.05. The molecule has 0 bridgehead atoms. The van der Waals surface area contributed by atoms with Crippen LogP contribution in [0, 0.1) is 0 Å². The molecule has 1 amide bonds. The first-order chi connectivity index (χ1) is 4.74. The molecule has 1 rings (SSSR count). The summed E-state index contributed by atoms with van der Waals surface area (Å²) in [7, 11) is 1.69. The van der Waals surface area contributed by atoms with Gasteiger partial charge in [0.25, 0.3) is 5.91 Å². The minimum atomic E-state index is -0.597. The zero-order valence-electron chi connectivity index (χ0n) is 5.40. The first-order valence-corrected chi connectivity index (χ1v) is 2.68. The summed E-state index contributed by atoms with van der Waals surface area (Å²) in [5.74, 6) is -0.597. The molecule has 10 heavy (non-hydrogen) atoms. The third-order valence-electron chi connectivity index (χ3n) is 1.05. The second-order valence-corrected chi connectivity index (χ2v) is 1.82. The van der Waals surface area contributed by atoms with Gasteiger partial charge in [-0.1, -0.05) is 0 Å². The van der Waals surface area contributed by atoms with Gasteiger partial charge in [0.1, 0.15) is 0 Å². The van der Waals surface area contributed by atoms with E-state index in [-0.39, 0.29) is 5.69 Å². The number of nitrogens with one attached hydrogen (secondary N) is 1. The van der Waals surface area contributed by atoms with Gasteiger partial charge in [-0.3, -0.25) is 14.7 Å². The van der Waals surface area contributed by atoms with Crippen LogP contribution in [0.15, 0.2) is 12.3 Å². The maximum Gasteiger partial charge on any atom is 0.295 e. The molecule has 0 atom stereocenters. The molecular formula is C5H7N3O2. The zero-order valence-corrected chi connectivity index (χ0v) is 5.40. The molecule has 1 aromatic heterocycles. The Bertz CT molecular complexity index is 243. The second kappa shape index (κ2) is 2.49. The maximum absolute atomic E-state index is 10.6. The van der Waals surface area contributed by atoms with E-state index < -0.39 is 5.91 Å². The van der Waals surface area contributed by atoms with Gasteiger partial charge >= 0.3 is 0 Å². The van der Waals surface area contributed by atoms with Gasteiger partial charge in [0.2, 0.25) is 0 Å². The maximum atomic E-state index is 10.6. The summed E-state index contributed by atoms with van der Waals surface area (Å²) < 4.78 is 1.48. The lowest BCUT2D eigenvalue weighted by atomic mass is 10.4. The van der Waals surface area contributed by atoms with Gasteiger partial charge in [0.15, 0.2) is 5.69 Å². The minimum absolute atomic E-state index is 0.199. The van der Waals surface area contributed by atoms with Crippen molar-refractivity contribution in [3.63, 3.8) is 0 Å². The Morgan fingerprint density at radius 2 is 2.60 bits per heavy atom. The van der Waals surface area contributed by atoms with Crippen LogP contribution >= 0.6 is 0 Å². The highest BCUT2D eigenvalue weighted by atomic mass is 16.5. The summed E-state index contributed by atoms with van der Waals surface area (Å²) in [6, 6.07) is 1.51. The Hall–Kier alpha value is -1.36. The van der Waals surface area contributed by atoms with E-state index in [0.29, 0.717) is 0 Å². The van der Waals surface area contributed by atoms with Gasteiger partial charge < -0.3 is 0 Å². The van der Waals surface area contributed by atoms with Crippen molar-refractivity contribution < 1.29 is 10.0 Å².